The van der Waals surface area contributed by atoms with Gasteiger partial charge in [0, 0.05) is 35.4 Å². The molecule has 0 bridgehead atoms. The van der Waals surface area contributed by atoms with Gasteiger partial charge in [0.2, 0.25) is 0 Å². The molecule has 172 valence electrons. The lowest BCUT2D eigenvalue weighted by Crippen LogP contribution is -2.19. The molecule has 3 nitrogen and oxygen atoms in total. The van der Waals surface area contributed by atoms with Gasteiger partial charge in [-0.2, -0.15) is 0 Å². The number of benzene rings is 2. The highest BCUT2D eigenvalue weighted by Crippen LogP contribution is 2.33. The van der Waals surface area contributed by atoms with Crippen LogP contribution in [0.2, 0.25) is 0 Å². The lowest BCUT2D eigenvalue weighted by Gasteiger charge is -2.19. The molecule has 0 saturated heterocycles. The Hall–Kier alpha value is -3.40. The molecular formula is C29H34FN3. The first kappa shape index (κ1) is 24.2. The summed E-state index contributed by atoms with van der Waals surface area (Å²) in [4.78, 5) is 4.51. The lowest BCUT2D eigenvalue weighted by molar-refractivity contribution is 0.565. The quantitative estimate of drug-likeness (QED) is 0.318. The number of anilines is 1. The van der Waals surface area contributed by atoms with E-state index in [9.17, 15) is 0 Å². The summed E-state index contributed by atoms with van der Waals surface area (Å²) in [5.74, 6) is 0.209. The molecule has 0 fully saturated rings. The highest BCUT2D eigenvalue weighted by Gasteiger charge is 2.17. The van der Waals surface area contributed by atoms with Crippen molar-refractivity contribution >= 4 is 22.7 Å². The maximum absolute atomic E-state index is 15.2. The van der Waals surface area contributed by atoms with Gasteiger partial charge in [0.25, 0.3) is 0 Å². The number of pyridine rings is 1. The number of aromatic nitrogens is 1. The molecule has 1 aromatic heterocycles. The Kier molecular flexibility index (Phi) is 7.70. The molecule has 0 radical (unpaired) electrons. The first-order valence-corrected chi connectivity index (χ1v) is 11.4. The monoisotopic (exact) mass is 443 g/mol. The van der Waals surface area contributed by atoms with Gasteiger partial charge in [-0.15, -0.1) is 0 Å². The second-order valence-electron chi connectivity index (χ2n) is 8.98. The van der Waals surface area contributed by atoms with Crippen molar-refractivity contribution in [3.8, 4) is 0 Å². The molecule has 0 amide bonds. The summed E-state index contributed by atoms with van der Waals surface area (Å²) < 4.78 is 15.2. The van der Waals surface area contributed by atoms with E-state index in [-0.39, 0.29) is 11.7 Å². The molecule has 0 saturated carbocycles. The average molecular weight is 444 g/mol. The van der Waals surface area contributed by atoms with Crippen LogP contribution < -0.4 is 10.6 Å². The third-order valence-electron chi connectivity index (χ3n) is 6.04. The van der Waals surface area contributed by atoms with Crippen molar-refractivity contribution in [2.75, 3.05) is 11.9 Å². The Balaban J connectivity index is 1.81. The Bertz CT molecular complexity index is 1190. The molecular weight excluding hydrogens is 409 g/mol. The summed E-state index contributed by atoms with van der Waals surface area (Å²) in [5.41, 5.74) is 6.74. The van der Waals surface area contributed by atoms with Gasteiger partial charge < -0.3 is 10.6 Å². The number of rotatable bonds is 10. The Morgan fingerprint density at radius 3 is 2.48 bits per heavy atom. The van der Waals surface area contributed by atoms with Gasteiger partial charge in [0.05, 0.1) is 11.2 Å². The Labute approximate surface area is 197 Å². The molecule has 2 N–H and O–H groups in total. The molecule has 1 unspecified atom stereocenters. The van der Waals surface area contributed by atoms with Gasteiger partial charge in [0.15, 0.2) is 0 Å². The minimum absolute atomic E-state index is 0.138. The number of nitrogens with one attached hydrogen (secondary N) is 2. The summed E-state index contributed by atoms with van der Waals surface area (Å²) in [7, 11) is 0. The highest BCUT2D eigenvalue weighted by atomic mass is 19.1. The van der Waals surface area contributed by atoms with Gasteiger partial charge in [-0.05, 0) is 71.8 Å². The predicted octanol–water partition coefficient (Wildman–Crippen LogP) is 7.55. The summed E-state index contributed by atoms with van der Waals surface area (Å²) in [6.07, 6.45) is 4.68. The highest BCUT2D eigenvalue weighted by molar-refractivity contribution is 5.86. The number of hydrogen-bond acceptors (Lipinski definition) is 3. The van der Waals surface area contributed by atoms with Crippen molar-refractivity contribution < 1.29 is 4.39 Å². The number of aryl methyl sites for hydroxylation is 1. The van der Waals surface area contributed by atoms with E-state index in [0.717, 1.165) is 40.6 Å². The van der Waals surface area contributed by atoms with Crippen LogP contribution in [0.1, 0.15) is 55.4 Å². The van der Waals surface area contributed by atoms with Crippen LogP contribution in [0.4, 0.5) is 10.1 Å². The Morgan fingerprint density at radius 2 is 1.82 bits per heavy atom. The van der Waals surface area contributed by atoms with Gasteiger partial charge in [-0.3, -0.25) is 4.98 Å². The third-order valence-corrected chi connectivity index (χ3v) is 6.04. The smallest absolute Gasteiger partial charge is 0.129 e. The molecule has 3 rings (SSSR count). The van der Waals surface area contributed by atoms with E-state index in [0.29, 0.717) is 28.6 Å². The van der Waals surface area contributed by atoms with Crippen LogP contribution in [0.15, 0.2) is 73.7 Å². The van der Waals surface area contributed by atoms with E-state index in [4.69, 9.17) is 0 Å². The first-order chi connectivity index (χ1) is 15.7. The molecule has 33 heavy (non-hydrogen) atoms. The summed E-state index contributed by atoms with van der Waals surface area (Å²) in [6, 6.07) is 11.3. The fourth-order valence-electron chi connectivity index (χ4n) is 3.92. The summed E-state index contributed by atoms with van der Waals surface area (Å²) in [5, 5.41) is 7.44. The minimum atomic E-state index is -0.264. The van der Waals surface area contributed by atoms with E-state index < -0.39 is 0 Å². The topological polar surface area (TPSA) is 37.0 Å². The molecule has 3 aromatic rings. The molecule has 4 heteroatoms. The van der Waals surface area contributed by atoms with Crippen molar-refractivity contribution in [1.82, 2.24) is 10.3 Å². The zero-order chi connectivity index (χ0) is 24.1. The third kappa shape index (κ3) is 5.70. The zero-order valence-corrected chi connectivity index (χ0v) is 20.1. The second kappa shape index (κ2) is 10.5. The number of halogens is 1. The van der Waals surface area contributed by atoms with Crippen LogP contribution in [0, 0.1) is 18.7 Å². The van der Waals surface area contributed by atoms with E-state index in [1.54, 1.807) is 6.20 Å². The number of nitrogens with zero attached hydrogens (tertiary/aromatic N) is 1. The minimum Gasteiger partial charge on any atom is -0.384 e. The van der Waals surface area contributed by atoms with Crippen molar-refractivity contribution in [3.05, 3.63) is 102 Å². The lowest BCUT2D eigenvalue weighted by atomic mass is 9.89. The van der Waals surface area contributed by atoms with Crippen LogP contribution in [-0.4, -0.2) is 11.5 Å². The fourth-order valence-corrected chi connectivity index (χ4v) is 3.92. The largest absolute Gasteiger partial charge is 0.384 e. The van der Waals surface area contributed by atoms with Gasteiger partial charge in [-0.25, -0.2) is 4.39 Å². The van der Waals surface area contributed by atoms with Crippen molar-refractivity contribution in [3.63, 3.8) is 0 Å². The van der Waals surface area contributed by atoms with E-state index in [2.05, 4.69) is 61.3 Å². The average Bonchev–Trinajstić information content (AvgIpc) is 2.77. The Morgan fingerprint density at radius 1 is 1.06 bits per heavy atom. The van der Waals surface area contributed by atoms with Crippen molar-refractivity contribution in [2.24, 2.45) is 5.92 Å². The molecule has 2 aromatic carbocycles. The van der Waals surface area contributed by atoms with Crippen LogP contribution >= 0.6 is 0 Å². The van der Waals surface area contributed by atoms with Crippen molar-refractivity contribution in [1.29, 1.82) is 0 Å². The molecule has 0 aliphatic rings. The summed E-state index contributed by atoms with van der Waals surface area (Å²) in [6.45, 7) is 21.2. The maximum Gasteiger partial charge on any atom is 0.129 e. The number of fused-ring (bicyclic) bond motifs is 1. The molecule has 0 aliphatic carbocycles. The molecule has 0 spiro atoms. The zero-order valence-electron chi connectivity index (χ0n) is 20.1. The van der Waals surface area contributed by atoms with E-state index in [1.165, 1.54) is 6.07 Å². The summed E-state index contributed by atoms with van der Waals surface area (Å²) >= 11 is 0. The van der Waals surface area contributed by atoms with Gasteiger partial charge in [-0.1, -0.05) is 52.7 Å². The SMILES string of the molecule is C=Cc1cc2c(C(C)c3ccc(NC(=C)C(=C)NCCC(C)C)cc3F)ccnc2cc1C. The molecule has 0 aliphatic heterocycles. The van der Waals surface area contributed by atoms with Crippen molar-refractivity contribution in [2.45, 2.75) is 40.0 Å². The normalized spacial score (nSPS) is 11.9. The first-order valence-electron chi connectivity index (χ1n) is 11.4. The fraction of sp³-hybridized carbons (Fsp3) is 0.276. The van der Waals surface area contributed by atoms with Crippen LogP contribution in [0.25, 0.3) is 17.0 Å². The standard InChI is InChI=1S/C29H34FN3/c1-8-23-16-27-25(12-14-32-29(27)15-19(23)4)20(5)26-10-9-24(17-28(26)30)33-22(7)21(6)31-13-11-18(2)3/h8-10,12,14-18,20,31,33H,1,6-7,11,13H2,2-5H3. The molecule has 1 atom stereocenters. The van der Waals surface area contributed by atoms with Crippen LogP contribution in [0.3, 0.4) is 0 Å². The predicted molar refractivity (Wildman–Crippen MR) is 140 cm³/mol. The number of hydrogen-bond donors (Lipinski definition) is 2. The maximum atomic E-state index is 15.2. The van der Waals surface area contributed by atoms with Crippen LogP contribution in [0.5, 0.6) is 0 Å². The van der Waals surface area contributed by atoms with Gasteiger partial charge >= 0.3 is 0 Å². The van der Waals surface area contributed by atoms with E-state index >= 15 is 4.39 Å². The molecule has 1 heterocycles. The van der Waals surface area contributed by atoms with E-state index in [1.807, 2.05) is 38.1 Å². The van der Waals surface area contributed by atoms with Gasteiger partial charge in [0.1, 0.15) is 5.82 Å². The second-order valence-corrected chi connectivity index (χ2v) is 8.98. The van der Waals surface area contributed by atoms with Crippen LogP contribution in [-0.2, 0) is 0 Å².